The van der Waals surface area contributed by atoms with E-state index in [1.54, 1.807) is 17.0 Å². The highest BCUT2D eigenvalue weighted by molar-refractivity contribution is 5.94. The molecule has 164 valence electrons. The highest BCUT2D eigenvalue weighted by Crippen LogP contribution is 2.16. The molecular weight excluding hydrogens is 402 g/mol. The van der Waals surface area contributed by atoms with Crippen LogP contribution in [0.1, 0.15) is 28.8 Å². The summed E-state index contributed by atoms with van der Waals surface area (Å²) in [5, 5.41) is 0. The second-order valence-corrected chi connectivity index (χ2v) is 7.99. The Morgan fingerprint density at radius 3 is 2.06 bits per heavy atom. The number of nitrogens with zero attached hydrogens (tertiary/aromatic N) is 2. The first-order valence-corrected chi connectivity index (χ1v) is 11.0. The van der Waals surface area contributed by atoms with Gasteiger partial charge in [-0.15, -0.1) is 0 Å². The van der Waals surface area contributed by atoms with Gasteiger partial charge < -0.3 is 14.8 Å². The zero-order valence-corrected chi connectivity index (χ0v) is 18.0. The van der Waals surface area contributed by atoms with Crippen molar-refractivity contribution < 1.29 is 9.59 Å². The van der Waals surface area contributed by atoms with E-state index in [1.807, 2.05) is 53.4 Å². The minimum atomic E-state index is -0.393. The summed E-state index contributed by atoms with van der Waals surface area (Å²) in [5.41, 5.74) is 2.54. The van der Waals surface area contributed by atoms with E-state index in [4.69, 9.17) is 0 Å². The average molecular weight is 430 g/mol. The van der Waals surface area contributed by atoms with Gasteiger partial charge in [-0.1, -0.05) is 60.7 Å². The van der Waals surface area contributed by atoms with Crippen LogP contribution in [0.4, 0.5) is 0 Å². The van der Waals surface area contributed by atoms with Gasteiger partial charge in [-0.2, -0.15) is 0 Å². The van der Waals surface area contributed by atoms with Crippen LogP contribution in [0.25, 0.3) is 11.3 Å². The third-order valence-corrected chi connectivity index (χ3v) is 5.84. The average Bonchev–Trinajstić information content (AvgIpc) is 2.85. The lowest BCUT2D eigenvalue weighted by molar-refractivity contribution is -0.132. The molecule has 0 aliphatic carbocycles. The van der Waals surface area contributed by atoms with E-state index in [0.717, 1.165) is 18.4 Å². The van der Waals surface area contributed by atoms with Crippen molar-refractivity contribution in [1.82, 2.24) is 14.8 Å². The highest BCUT2D eigenvalue weighted by atomic mass is 16.2. The van der Waals surface area contributed by atoms with Crippen molar-refractivity contribution in [1.29, 1.82) is 0 Å². The summed E-state index contributed by atoms with van der Waals surface area (Å²) in [6, 6.07) is 23.0. The van der Waals surface area contributed by atoms with E-state index in [9.17, 15) is 14.4 Å². The Kier molecular flexibility index (Phi) is 6.80. The molecule has 4 rings (SSSR count). The minimum absolute atomic E-state index is 0.123. The summed E-state index contributed by atoms with van der Waals surface area (Å²) in [5.74, 6) is -0.167. The number of carbonyl (C=O) groups is 2. The maximum atomic E-state index is 12.9. The standard InChI is InChI=1S/C26H27N3O3/c30-24(13-7-10-20-8-3-1-4-9-20)28-16-18-29(19-17-28)26(32)22-14-15-23(27-25(22)31)21-11-5-2-6-12-21/h1-6,8-9,11-12,14-15H,7,10,13,16-19H2,(H,27,31). The van der Waals surface area contributed by atoms with Gasteiger partial charge in [-0.25, -0.2) is 0 Å². The molecule has 0 radical (unpaired) electrons. The molecule has 2 aromatic carbocycles. The van der Waals surface area contributed by atoms with Crippen LogP contribution in [0, 0.1) is 0 Å². The molecule has 0 unspecified atom stereocenters. The molecule has 0 bridgehead atoms. The third-order valence-electron chi connectivity index (χ3n) is 5.84. The summed E-state index contributed by atoms with van der Waals surface area (Å²) < 4.78 is 0. The van der Waals surface area contributed by atoms with E-state index in [0.29, 0.717) is 38.3 Å². The van der Waals surface area contributed by atoms with Gasteiger partial charge in [0, 0.05) is 38.3 Å². The number of aromatic amines is 1. The summed E-state index contributed by atoms with van der Waals surface area (Å²) in [4.78, 5) is 44.2. The molecule has 2 amide bonds. The number of pyridine rings is 1. The quantitative estimate of drug-likeness (QED) is 0.653. The van der Waals surface area contributed by atoms with E-state index in [2.05, 4.69) is 17.1 Å². The third kappa shape index (κ3) is 5.14. The lowest BCUT2D eigenvalue weighted by Crippen LogP contribution is -2.51. The van der Waals surface area contributed by atoms with Crippen LogP contribution >= 0.6 is 0 Å². The number of aryl methyl sites for hydroxylation is 1. The maximum Gasteiger partial charge on any atom is 0.261 e. The fraction of sp³-hybridized carbons (Fsp3) is 0.269. The van der Waals surface area contributed by atoms with Crippen molar-refractivity contribution in [3.63, 3.8) is 0 Å². The molecule has 32 heavy (non-hydrogen) atoms. The molecule has 0 atom stereocenters. The van der Waals surface area contributed by atoms with E-state index >= 15 is 0 Å². The maximum absolute atomic E-state index is 12.9. The molecule has 0 spiro atoms. The predicted octanol–water partition coefficient (Wildman–Crippen LogP) is 3.35. The zero-order valence-electron chi connectivity index (χ0n) is 18.0. The van der Waals surface area contributed by atoms with Crippen LogP contribution in [0.15, 0.2) is 77.6 Å². The molecule has 6 heteroatoms. The number of carbonyl (C=O) groups excluding carboxylic acids is 2. The number of nitrogens with one attached hydrogen (secondary N) is 1. The number of rotatable bonds is 6. The lowest BCUT2D eigenvalue weighted by Gasteiger charge is -2.34. The lowest BCUT2D eigenvalue weighted by atomic mass is 10.1. The molecule has 2 heterocycles. The second-order valence-electron chi connectivity index (χ2n) is 7.99. The van der Waals surface area contributed by atoms with Crippen LogP contribution in [0.5, 0.6) is 0 Å². The number of piperazine rings is 1. The SMILES string of the molecule is O=C(CCCc1ccccc1)N1CCN(C(=O)c2ccc(-c3ccccc3)[nH]c2=O)CC1. The predicted molar refractivity (Wildman–Crippen MR) is 124 cm³/mol. The molecule has 1 aromatic heterocycles. The van der Waals surface area contributed by atoms with Gasteiger partial charge in [0.25, 0.3) is 11.5 Å². The van der Waals surface area contributed by atoms with Crippen molar-refractivity contribution >= 4 is 11.8 Å². The number of hydrogen-bond acceptors (Lipinski definition) is 3. The van der Waals surface area contributed by atoms with Gasteiger partial charge in [0.15, 0.2) is 0 Å². The topological polar surface area (TPSA) is 73.5 Å². The van der Waals surface area contributed by atoms with Crippen molar-refractivity contribution in [2.45, 2.75) is 19.3 Å². The summed E-state index contributed by atoms with van der Waals surface area (Å²) >= 11 is 0. The van der Waals surface area contributed by atoms with Gasteiger partial charge in [-0.05, 0) is 36.1 Å². The summed E-state index contributed by atoms with van der Waals surface area (Å²) in [6.45, 7) is 1.86. The highest BCUT2D eigenvalue weighted by Gasteiger charge is 2.26. The number of amides is 2. The van der Waals surface area contributed by atoms with Crippen molar-refractivity contribution in [3.05, 3.63) is 94.3 Å². The van der Waals surface area contributed by atoms with E-state index < -0.39 is 5.56 Å². The van der Waals surface area contributed by atoms with Gasteiger partial charge >= 0.3 is 0 Å². The Balaban J connectivity index is 1.29. The Morgan fingerprint density at radius 2 is 1.41 bits per heavy atom. The zero-order chi connectivity index (χ0) is 22.3. The summed E-state index contributed by atoms with van der Waals surface area (Å²) in [6.07, 6.45) is 2.20. The molecule has 0 saturated carbocycles. The molecular formula is C26H27N3O3. The van der Waals surface area contributed by atoms with Crippen molar-refractivity contribution in [2.24, 2.45) is 0 Å². The number of aromatic nitrogens is 1. The van der Waals surface area contributed by atoms with Gasteiger partial charge in [-0.3, -0.25) is 14.4 Å². The molecule has 3 aromatic rings. The van der Waals surface area contributed by atoms with E-state index in [1.165, 1.54) is 5.56 Å². The van der Waals surface area contributed by atoms with Crippen molar-refractivity contribution in [2.75, 3.05) is 26.2 Å². The van der Waals surface area contributed by atoms with Crippen molar-refractivity contribution in [3.8, 4) is 11.3 Å². The van der Waals surface area contributed by atoms with Crippen LogP contribution < -0.4 is 5.56 Å². The van der Waals surface area contributed by atoms with Crippen LogP contribution in [0.3, 0.4) is 0 Å². The first kappa shape index (κ1) is 21.6. The minimum Gasteiger partial charge on any atom is -0.339 e. The first-order valence-electron chi connectivity index (χ1n) is 11.0. The first-order chi connectivity index (χ1) is 15.6. The van der Waals surface area contributed by atoms with Crippen LogP contribution in [-0.4, -0.2) is 52.8 Å². The number of hydrogen-bond donors (Lipinski definition) is 1. The smallest absolute Gasteiger partial charge is 0.261 e. The molecule has 1 aliphatic rings. The Bertz CT molecular complexity index is 1120. The van der Waals surface area contributed by atoms with E-state index in [-0.39, 0.29) is 17.4 Å². The fourth-order valence-electron chi connectivity index (χ4n) is 4.00. The molecule has 6 nitrogen and oxygen atoms in total. The summed E-state index contributed by atoms with van der Waals surface area (Å²) in [7, 11) is 0. The van der Waals surface area contributed by atoms with Gasteiger partial charge in [0.05, 0.1) is 0 Å². The Labute approximate surface area is 187 Å². The monoisotopic (exact) mass is 429 g/mol. The van der Waals surface area contributed by atoms with Gasteiger partial charge in [0.2, 0.25) is 5.91 Å². The number of H-pyrrole nitrogens is 1. The normalized spacial score (nSPS) is 13.8. The number of benzene rings is 2. The molecule has 1 N–H and O–H groups in total. The molecule has 1 saturated heterocycles. The Morgan fingerprint density at radius 1 is 0.781 bits per heavy atom. The largest absolute Gasteiger partial charge is 0.339 e. The van der Waals surface area contributed by atoms with Crippen LogP contribution in [-0.2, 0) is 11.2 Å². The fourth-order valence-corrected chi connectivity index (χ4v) is 4.00. The van der Waals surface area contributed by atoms with Gasteiger partial charge in [0.1, 0.15) is 5.56 Å². The molecule has 1 aliphatic heterocycles. The Hall–Kier alpha value is -3.67. The molecule has 1 fully saturated rings. The van der Waals surface area contributed by atoms with Crippen LogP contribution in [0.2, 0.25) is 0 Å². The second kappa shape index (κ2) is 10.1.